The van der Waals surface area contributed by atoms with Gasteiger partial charge in [-0.3, -0.25) is 0 Å². The van der Waals surface area contributed by atoms with E-state index in [4.69, 9.17) is 4.12 Å². The van der Waals surface area contributed by atoms with E-state index in [2.05, 4.69) is 36.8 Å². The topological polar surface area (TPSA) is 79.4 Å². The second-order valence-electron chi connectivity index (χ2n) is 10.6. The van der Waals surface area contributed by atoms with E-state index < -0.39 is 16.6 Å². The van der Waals surface area contributed by atoms with Gasteiger partial charge in [0.05, 0.1) is 0 Å². The minimum absolute atomic E-state index is 0. The maximum Gasteiger partial charge on any atom is 2.00 e. The van der Waals surface area contributed by atoms with Gasteiger partial charge in [-0.1, -0.05) is 48.6 Å². The van der Waals surface area contributed by atoms with E-state index in [0.29, 0.717) is 13.1 Å². The summed E-state index contributed by atoms with van der Waals surface area (Å²) in [4.78, 5) is 0. The van der Waals surface area contributed by atoms with E-state index >= 15 is 0 Å². The molecule has 41 heavy (non-hydrogen) atoms. The molecule has 0 aromatic heterocycles. The molecule has 0 bridgehead atoms. The van der Waals surface area contributed by atoms with E-state index in [1.807, 2.05) is 109 Å². The van der Waals surface area contributed by atoms with Crippen LogP contribution in [0.1, 0.15) is 12.8 Å². The molecule has 0 aliphatic heterocycles. The molecule has 0 fully saturated rings. The monoisotopic (exact) mass is 672 g/mol. The van der Waals surface area contributed by atoms with Crippen LogP contribution in [0.25, 0.3) is 0 Å². The van der Waals surface area contributed by atoms with Crippen LogP contribution in [0, 0.1) is 0 Å². The molecule has 2 N–H and O–H groups in total. The number of allylic oxidation sites excluding steroid dienone is 10. The van der Waals surface area contributed by atoms with Gasteiger partial charge in [-0.25, -0.2) is 24.3 Å². The third-order valence-electron chi connectivity index (χ3n) is 6.00. The van der Waals surface area contributed by atoms with Crippen molar-refractivity contribution in [1.82, 2.24) is 10.6 Å². The summed E-state index contributed by atoms with van der Waals surface area (Å²) >= 11 is 0. The van der Waals surface area contributed by atoms with Gasteiger partial charge in [0.25, 0.3) is 0 Å². The Kier molecular flexibility index (Phi) is 20.3. The first kappa shape index (κ1) is 38.8. The van der Waals surface area contributed by atoms with Gasteiger partial charge in [0.15, 0.2) is 16.6 Å². The molecular weight excluding hydrogens is 628 g/mol. The minimum Gasteiger partial charge on any atom is -0.860 e. The molecule has 0 spiro atoms. The standard InChI is InChI=1S/C22H36N2O3Si2.2C5H5.2Fe/c1-28(2,17-9-15-23-21(25)19-11-5-6-12-19)27-29(3,4)18-10-16-24-22(26)20-13-7-8-14-20;2*1-2-4-5-3-1;;/h5-8,11-14,23-26H,9-10,15-18H2,1-4H3;2*1-5H;;/q;2*-1;2*+2/p-2. The molecule has 224 valence electrons. The van der Waals surface area contributed by atoms with Crippen molar-refractivity contribution in [3.05, 3.63) is 132 Å². The van der Waals surface area contributed by atoms with Crippen molar-refractivity contribution >= 4 is 16.6 Å². The third-order valence-corrected chi connectivity index (χ3v) is 13.5. The summed E-state index contributed by atoms with van der Waals surface area (Å²) in [7, 11) is -3.56. The van der Waals surface area contributed by atoms with Crippen LogP contribution in [-0.2, 0) is 38.3 Å². The molecule has 2 aliphatic carbocycles. The molecule has 0 saturated carbocycles. The van der Waals surface area contributed by atoms with Gasteiger partial charge in [-0.15, -0.1) is 0 Å². The van der Waals surface area contributed by atoms with Gasteiger partial charge < -0.3 is 25.0 Å². The molecule has 9 heteroatoms. The van der Waals surface area contributed by atoms with Crippen LogP contribution in [0.15, 0.2) is 132 Å². The van der Waals surface area contributed by atoms with Gasteiger partial charge in [0, 0.05) is 13.1 Å². The van der Waals surface area contributed by atoms with E-state index in [1.54, 1.807) is 0 Å². The molecule has 0 radical (unpaired) electrons. The number of nitrogens with one attached hydrogen (secondary N) is 2. The molecule has 0 amide bonds. The van der Waals surface area contributed by atoms with Crippen molar-refractivity contribution < 1.29 is 48.5 Å². The fraction of sp³-hybridized carbons (Fsp3) is 0.312. The zero-order chi connectivity index (χ0) is 28.4. The smallest absolute Gasteiger partial charge is 0.860 e. The normalized spacial score (nSPS) is 12.9. The summed E-state index contributed by atoms with van der Waals surface area (Å²) in [6.07, 6.45) is 16.7. The van der Waals surface area contributed by atoms with Crippen LogP contribution in [0.3, 0.4) is 0 Å². The van der Waals surface area contributed by atoms with Crippen molar-refractivity contribution in [2.75, 3.05) is 13.1 Å². The van der Waals surface area contributed by atoms with Crippen LogP contribution >= 0.6 is 0 Å². The first-order valence-electron chi connectivity index (χ1n) is 13.7. The third kappa shape index (κ3) is 18.0. The largest absolute Gasteiger partial charge is 2.00 e. The maximum atomic E-state index is 12.0. The van der Waals surface area contributed by atoms with Gasteiger partial charge in [0.1, 0.15) is 0 Å². The fourth-order valence-corrected chi connectivity index (χ4v) is 13.0. The first-order chi connectivity index (χ1) is 18.7. The molecule has 0 saturated heterocycles. The van der Waals surface area contributed by atoms with E-state index in [1.165, 1.54) is 0 Å². The number of hydrogen-bond acceptors (Lipinski definition) is 5. The van der Waals surface area contributed by atoms with Crippen molar-refractivity contribution in [3.8, 4) is 0 Å². The fourth-order valence-electron chi connectivity index (χ4n) is 4.18. The van der Waals surface area contributed by atoms with E-state index in [9.17, 15) is 10.2 Å². The summed E-state index contributed by atoms with van der Waals surface area (Å²) in [5.74, 6) is -0.0113. The van der Waals surface area contributed by atoms with Gasteiger partial charge >= 0.3 is 34.1 Å². The molecule has 2 aliphatic rings. The van der Waals surface area contributed by atoms with E-state index in [-0.39, 0.29) is 45.9 Å². The number of rotatable bonds is 12. The van der Waals surface area contributed by atoms with Crippen LogP contribution in [-0.4, -0.2) is 29.7 Å². The summed E-state index contributed by atoms with van der Waals surface area (Å²) < 4.78 is 6.64. The Labute approximate surface area is 270 Å². The number of hydrogen-bond donors (Lipinski definition) is 2. The Morgan fingerprint density at radius 3 is 1.22 bits per heavy atom. The average molecular weight is 673 g/mol. The zero-order valence-corrected chi connectivity index (χ0v) is 28.8. The van der Waals surface area contributed by atoms with Crippen LogP contribution in [0.2, 0.25) is 38.3 Å². The molecule has 0 atom stereocenters. The SMILES string of the molecule is C[Si](C)(CCCNC([O-])=C1C=CC=C1)O[Si](C)(C)CCCNC([O-])=C1C=CC=C1.[Fe+2].[Fe+2].c1cc[cH-]c1.c1cc[cH-]c1. The second-order valence-corrected chi connectivity index (χ2v) is 19.5. The minimum atomic E-state index is -1.78. The quantitative estimate of drug-likeness (QED) is 0.133. The summed E-state index contributed by atoms with van der Waals surface area (Å²) in [6, 6.07) is 22.1. The van der Waals surface area contributed by atoms with Crippen molar-refractivity contribution in [2.45, 2.75) is 51.1 Å². The Balaban J connectivity index is 0.00000111. The summed E-state index contributed by atoms with van der Waals surface area (Å²) in [5.41, 5.74) is 1.44. The summed E-state index contributed by atoms with van der Waals surface area (Å²) in [6.45, 7) is 10.4. The Morgan fingerprint density at radius 2 is 0.951 bits per heavy atom. The van der Waals surface area contributed by atoms with Gasteiger partial charge in [-0.05, 0) is 74.0 Å². The first-order valence-corrected chi connectivity index (χ1v) is 19.9. The predicted molar refractivity (Wildman–Crippen MR) is 166 cm³/mol. The Hall–Kier alpha value is -2.23. The molecule has 0 heterocycles. The Morgan fingerprint density at radius 1 is 0.634 bits per heavy atom. The molecule has 4 rings (SSSR count). The molecular formula is C32H44Fe2N2O3Si2. The zero-order valence-electron chi connectivity index (χ0n) is 24.6. The molecule has 2 aromatic rings. The van der Waals surface area contributed by atoms with Crippen LogP contribution < -0.4 is 20.8 Å². The molecule has 2 aromatic carbocycles. The molecule has 0 unspecified atom stereocenters. The van der Waals surface area contributed by atoms with Crippen molar-refractivity contribution in [2.24, 2.45) is 0 Å². The van der Waals surface area contributed by atoms with Crippen LogP contribution in [0.5, 0.6) is 0 Å². The van der Waals surface area contributed by atoms with Gasteiger partial charge in [0.2, 0.25) is 0 Å². The van der Waals surface area contributed by atoms with Crippen molar-refractivity contribution in [1.29, 1.82) is 0 Å². The summed E-state index contributed by atoms with van der Waals surface area (Å²) in [5, 5.41) is 29.9. The average Bonchev–Trinajstić information content (AvgIpc) is 3.73. The molecule has 5 nitrogen and oxygen atoms in total. The van der Waals surface area contributed by atoms with Crippen LogP contribution in [0.4, 0.5) is 0 Å². The Bertz CT molecular complexity index is 967. The second kappa shape index (κ2) is 21.5. The van der Waals surface area contributed by atoms with Crippen molar-refractivity contribution in [3.63, 3.8) is 0 Å². The van der Waals surface area contributed by atoms with Gasteiger partial charge in [-0.2, -0.15) is 36.4 Å². The predicted octanol–water partition coefficient (Wildman–Crippen LogP) is 5.57. The maximum absolute atomic E-state index is 12.0. The van der Waals surface area contributed by atoms with E-state index in [0.717, 1.165) is 36.1 Å².